The normalized spacial score (nSPS) is 28.9. The fourth-order valence-corrected chi connectivity index (χ4v) is 4.53. The van der Waals surface area contributed by atoms with Crippen LogP contribution in [-0.4, -0.2) is 36.3 Å². The number of carbonyl (C=O) groups is 2. The second-order valence-corrected chi connectivity index (χ2v) is 8.09. The van der Waals surface area contributed by atoms with Crippen molar-refractivity contribution in [3.63, 3.8) is 0 Å². The topological polar surface area (TPSA) is 40.6 Å². The molecule has 5 heteroatoms. The molecule has 3 fully saturated rings. The van der Waals surface area contributed by atoms with E-state index in [1.54, 1.807) is 11.3 Å². The molecule has 1 spiro atoms. The van der Waals surface area contributed by atoms with E-state index >= 15 is 0 Å². The fourth-order valence-electron chi connectivity index (χ4n) is 3.65. The van der Waals surface area contributed by atoms with E-state index in [2.05, 4.69) is 13.0 Å². The quantitative estimate of drug-likeness (QED) is 0.842. The number of aryl methyl sites for hydroxylation is 1. The Morgan fingerprint density at radius 1 is 1.33 bits per heavy atom. The molecule has 4 rings (SSSR count). The standard InChI is InChI=1S/C16H20N2O2S/c1-11-2-5-14(21-11)18-10-16(8-13(18)19)6-7-17(9-16)15(20)12-3-4-12/h2,5,12H,3-4,6-10H2,1H3/t16-/m0/s1. The summed E-state index contributed by atoms with van der Waals surface area (Å²) in [5.74, 6) is 0.829. The Balaban J connectivity index is 1.50. The van der Waals surface area contributed by atoms with Gasteiger partial charge >= 0.3 is 0 Å². The second-order valence-electron chi connectivity index (χ2n) is 6.83. The molecular formula is C16H20N2O2S. The zero-order chi connectivity index (χ0) is 14.6. The summed E-state index contributed by atoms with van der Waals surface area (Å²) in [6, 6.07) is 4.11. The van der Waals surface area contributed by atoms with Crippen LogP contribution >= 0.6 is 11.3 Å². The van der Waals surface area contributed by atoms with E-state index in [0.29, 0.717) is 12.3 Å². The second kappa shape index (κ2) is 4.57. The average molecular weight is 304 g/mol. The zero-order valence-corrected chi connectivity index (χ0v) is 13.1. The van der Waals surface area contributed by atoms with Crippen molar-refractivity contribution in [1.82, 2.24) is 4.90 Å². The van der Waals surface area contributed by atoms with Crippen molar-refractivity contribution in [2.75, 3.05) is 24.5 Å². The van der Waals surface area contributed by atoms with Crippen LogP contribution < -0.4 is 4.90 Å². The Morgan fingerprint density at radius 2 is 2.14 bits per heavy atom. The van der Waals surface area contributed by atoms with E-state index in [1.165, 1.54) is 4.88 Å². The first kappa shape index (κ1) is 13.3. The van der Waals surface area contributed by atoms with Crippen LogP contribution in [-0.2, 0) is 9.59 Å². The molecule has 1 atom stereocenters. The van der Waals surface area contributed by atoms with Gasteiger partial charge in [-0.15, -0.1) is 11.3 Å². The van der Waals surface area contributed by atoms with Crippen molar-refractivity contribution in [1.29, 1.82) is 0 Å². The van der Waals surface area contributed by atoms with Crippen LogP contribution in [0.25, 0.3) is 0 Å². The maximum atomic E-state index is 12.4. The number of hydrogen-bond donors (Lipinski definition) is 0. The van der Waals surface area contributed by atoms with Gasteiger partial charge in [0.25, 0.3) is 0 Å². The van der Waals surface area contributed by atoms with E-state index in [9.17, 15) is 9.59 Å². The average Bonchev–Trinajstić information content (AvgIpc) is 2.97. The number of amides is 2. The summed E-state index contributed by atoms with van der Waals surface area (Å²) in [7, 11) is 0. The Bertz CT molecular complexity index is 607. The maximum absolute atomic E-state index is 12.4. The lowest BCUT2D eigenvalue weighted by atomic mass is 9.86. The van der Waals surface area contributed by atoms with Crippen LogP contribution in [0.2, 0.25) is 0 Å². The Kier molecular flexibility index (Phi) is 2.89. The number of anilines is 1. The molecule has 0 bridgehead atoms. The van der Waals surface area contributed by atoms with E-state index in [-0.39, 0.29) is 17.2 Å². The van der Waals surface area contributed by atoms with Gasteiger partial charge in [-0.2, -0.15) is 0 Å². The number of thiophene rings is 1. The summed E-state index contributed by atoms with van der Waals surface area (Å²) in [4.78, 5) is 29.8. The molecule has 0 unspecified atom stereocenters. The van der Waals surface area contributed by atoms with Crippen LogP contribution in [0.1, 0.15) is 30.6 Å². The van der Waals surface area contributed by atoms with Gasteiger partial charge in [0, 0.05) is 42.3 Å². The first-order valence-electron chi connectivity index (χ1n) is 7.72. The molecule has 21 heavy (non-hydrogen) atoms. The molecule has 4 nitrogen and oxygen atoms in total. The molecule has 0 N–H and O–H groups in total. The maximum Gasteiger partial charge on any atom is 0.228 e. The van der Waals surface area contributed by atoms with Gasteiger partial charge in [0.05, 0.1) is 5.00 Å². The number of rotatable bonds is 2. The van der Waals surface area contributed by atoms with Crippen molar-refractivity contribution in [2.45, 2.75) is 32.6 Å². The van der Waals surface area contributed by atoms with Crippen LogP contribution in [0, 0.1) is 18.3 Å². The third-order valence-corrected chi connectivity index (χ3v) is 6.01. The third kappa shape index (κ3) is 2.27. The van der Waals surface area contributed by atoms with Gasteiger partial charge in [0.1, 0.15) is 0 Å². The number of hydrogen-bond acceptors (Lipinski definition) is 3. The number of likely N-dealkylation sites (tertiary alicyclic amines) is 1. The van der Waals surface area contributed by atoms with Crippen LogP contribution in [0.15, 0.2) is 12.1 Å². The largest absolute Gasteiger partial charge is 0.342 e. The third-order valence-electron chi connectivity index (χ3n) is 4.99. The van der Waals surface area contributed by atoms with Crippen LogP contribution in [0.4, 0.5) is 5.00 Å². The van der Waals surface area contributed by atoms with Gasteiger partial charge in [-0.3, -0.25) is 9.59 Å². The SMILES string of the molecule is Cc1ccc(N2C[C@@]3(CCN(C(=O)C4CC4)C3)CC2=O)s1. The van der Waals surface area contributed by atoms with Gasteiger partial charge in [-0.05, 0) is 38.3 Å². The number of nitrogens with zero attached hydrogens (tertiary/aromatic N) is 2. The monoisotopic (exact) mass is 304 g/mol. The molecule has 2 saturated heterocycles. The molecule has 2 amide bonds. The van der Waals surface area contributed by atoms with Gasteiger partial charge in [-0.25, -0.2) is 0 Å². The highest BCUT2D eigenvalue weighted by Crippen LogP contribution is 2.44. The summed E-state index contributed by atoms with van der Waals surface area (Å²) in [6.45, 7) is 4.45. The molecular weight excluding hydrogens is 284 g/mol. The molecule has 2 aliphatic heterocycles. The molecule has 1 saturated carbocycles. The lowest BCUT2D eigenvalue weighted by Gasteiger charge is -2.23. The highest BCUT2D eigenvalue weighted by atomic mass is 32.1. The lowest BCUT2D eigenvalue weighted by molar-refractivity contribution is -0.132. The predicted octanol–water partition coefficient (Wildman–Crippen LogP) is 2.42. The van der Waals surface area contributed by atoms with Crippen molar-refractivity contribution < 1.29 is 9.59 Å². The molecule has 3 heterocycles. The Labute approximate surface area is 128 Å². The summed E-state index contributed by atoms with van der Waals surface area (Å²) < 4.78 is 0. The predicted molar refractivity (Wildman–Crippen MR) is 82.4 cm³/mol. The molecule has 0 aromatic carbocycles. The van der Waals surface area contributed by atoms with Crippen molar-refractivity contribution in [2.24, 2.45) is 11.3 Å². The van der Waals surface area contributed by atoms with E-state index in [4.69, 9.17) is 0 Å². The first-order valence-corrected chi connectivity index (χ1v) is 8.54. The van der Waals surface area contributed by atoms with Gasteiger partial charge < -0.3 is 9.80 Å². The van der Waals surface area contributed by atoms with Crippen LogP contribution in [0.3, 0.4) is 0 Å². The van der Waals surface area contributed by atoms with E-state index in [0.717, 1.165) is 43.9 Å². The van der Waals surface area contributed by atoms with E-state index in [1.807, 2.05) is 15.9 Å². The van der Waals surface area contributed by atoms with Crippen molar-refractivity contribution >= 4 is 28.2 Å². The summed E-state index contributed by atoms with van der Waals surface area (Å²) in [6.07, 6.45) is 3.68. The first-order chi connectivity index (χ1) is 10.1. The molecule has 3 aliphatic rings. The fraction of sp³-hybridized carbons (Fsp3) is 0.625. The highest BCUT2D eigenvalue weighted by Gasteiger charge is 2.50. The molecule has 1 aromatic rings. The summed E-state index contributed by atoms with van der Waals surface area (Å²) >= 11 is 1.68. The minimum atomic E-state index is -0.000468. The Hall–Kier alpha value is -1.36. The molecule has 1 aliphatic carbocycles. The van der Waals surface area contributed by atoms with Gasteiger partial charge in [0.2, 0.25) is 11.8 Å². The summed E-state index contributed by atoms with van der Waals surface area (Å²) in [5.41, 5.74) is -0.000468. The molecule has 0 radical (unpaired) electrons. The molecule has 112 valence electrons. The van der Waals surface area contributed by atoms with Crippen molar-refractivity contribution in [3.8, 4) is 0 Å². The van der Waals surface area contributed by atoms with Gasteiger partial charge in [-0.1, -0.05) is 0 Å². The minimum Gasteiger partial charge on any atom is -0.342 e. The van der Waals surface area contributed by atoms with Crippen LogP contribution in [0.5, 0.6) is 0 Å². The zero-order valence-electron chi connectivity index (χ0n) is 12.3. The summed E-state index contributed by atoms with van der Waals surface area (Å²) in [5, 5.41) is 1.06. The lowest BCUT2D eigenvalue weighted by Crippen LogP contribution is -2.34. The minimum absolute atomic E-state index is 0.000468. The molecule has 1 aromatic heterocycles. The number of carbonyl (C=O) groups excluding carboxylic acids is 2. The van der Waals surface area contributed by atoms with E-state index < -0.39 is 0 Å². The van der Waals surface area contributed by atoms with Gasteiger partial charge in [0.15, 0.2) is 0 Å². The smallest absolute Gasteiger partial charge is 0.228 e. The van der Waals surface area contributed by atoms with Crippen molar-refractivity contribution in [3.05, 3.63) is 17.0 Å². The highest BCUT2D eigenvalue weighted by molar-refractivity contribution is 7.16. The Morgan fingerprint density at radius 3 is 2.81 bits per heavy atom.